The van der Waals surface area contributed by atoms with Gasteiger partial charge in [-0.15, -0.1) is 0 Å². The van der Waals surface area contributed by atoms with E-state index in [9.17, 15) is 15.0 Å². The van der Waals surface area contributed by atoms with Crippen LogP contribution < -0.4 is 0 Å². The van der Waals surface area contributed by atoms with Crippen molar-refractivity contribution >= 4 is 5.97 Å². The van der Waals surface area contributed by atoms with Gasteiger partial charge in [-0.2, -0.15) is 0 Å². The van der Waals surface area contributed by atoms with E-state index >= 15 is 0 Å². The Bertz CT molecular complexity index is 1160. The number of unbranched alkanes of at least 4 members (excludes halogenated alkanes) is 2. The summed E-state index contributed by atoms with van der Waals surface area (Å²) >= 11 is 0. The van der Waals surface area contributed by atoms with E-state index in [2.05, 4.69) is 74.1 Å². The van der Waals surface area contributed by atoms with Crippen LogP contribution in [0.5, 0.6) is 0 Å². The highest BCUT2D eigenvalue weighted by Crippen LogP contribution is 2.74. The molecule has 4 aliphatic carbocycles. The fourth-order valence-electron chi connectivity index (χ4n) is 10.8. The van der Waals surface area contributed by atoms with Gasteiger partial charge in [-0.1, -0.05) is 78.7 Å². The number of allylic oxidation sites excluding steroid dienone is 5. The highest BCUT2D eigenvalue weighted by atomic mass is 16.5. The molecule has 0 bridgehead atoms. The van der Waals surface area contributed by atoms with Crippen molar-refractivity contribution in [2.24, 2.45) is 45.8 Å². The van der Waals surface area contributed by atoms with E-state index in [0.717, 1.165) is 43.6 Å². The monoisotopic (exact) mass is 594 g/mol. The van der Waals surface area contributed by atoms with Crippen LogP contribution in [0.3, 0.4) is 0 Å². The molecule has 0 aromatic carbocycles. The number of aliphatic hydroxyl groups is 1. The quantitative estimate of drug-likeness (QED) is 0.114. The van der Waals surface area contributed by atoms with Crippen LogP contribution in [0.25, 0.3) is 0 Å². The average molecular weight is 595 g/mol. The Hall–Kier alpha value is -1.81. The number of hydrogen-bond donors (Lipinski definition) is 2. The standard InChI is InChI=1S/C39H62O4/c1-11-12-13-14-15-28(24(2)3)16-17-29(36(41)42)34-31-22-32(40)35-37(8)20-18-26(6)27(7)30(37)19-21-38(35,9)39(31,10)23-33(34)43-25(4)5/h14-15,26-27,30-33,35,40H,4,11-13,16-23H2,1-3,5-10H3,(H,41,42)/b15-14+,34-29+/t26-,27+,30+,31+,32-,33?,35+,37+,38+,39+/m1/s1. The maximum Gasteiger partial charge on any atom is 0.331 e. The van der Waals surface area contributed by atoms with Crippen LogP contribution in [0.1, 0.15) is 133 Å². The first-order valence-corrected chi connectivity index (χ1v) is 17.4. The van der Waals surface area contributed by atoms with Crippen LogP contribution in [0.2, 0.25) is 0 Å². The highest BCUT2D eigenvalue weighted by molar-refractivity contribution is 5.88. The first kappa shape index (κ1) is 34.1. The first-order chi connectivity index (χ1) is 20.1. The molecule has 4 aliphatic rings. The van der Waals surface area contributed by atoms with Gasteiger partial charge in [0.15, 0.2) is 0 Å². The molecule has 242 valence electrons. The van der Waals surface area contributed by atoms with Gasteiger partial charge in [0, 0.05) is 5.57 Å². The summed E-state index contributed by atoms with van der Waals surface area (Å²) in [6.07, 6.45) is 14.3. The molecule has 0 heterocycles. The van der Waals surface area contributed by atoms with Gasteiger partial charge in [0.2, 0.25) is 0 Å². The summed E-state index contributed by atoms with van der Waals surface area (Å²) in [4.78, 5) is 13.1. The number of fused-ring (bicyclic) bond motifs is 5. The van der Waals surface area contributed by atoms with E-state index < -0.39 is 12.1 Å². The highest BCUT2D eigenvalue weighted by Gasteiger charge is 2.70. The number of aliphatic carboxylic acids is 1. The Labute approximate surface area is 263 Å². The van der Waals surface area contributed by atoms with Gasteiger partial charge in [-0.25, -0.2) is 4.79 Å². The Morgan fingerprint density at radius 1 is 1.07 bits per heavy atom. The van der Waals surface area contributed by atoms with E-state index in [1.54, 1.807) is 0 Å². The van der Waals surface area contributed by atoms with Crippen LogP contribution >= 0.6 is 0 Å². The van der Waals surface area contributed by atoms with E-state index in [1.165, 1.54) is 30.4 Å². The molecule has 4 saturated carbocycles. The number of hydrogen-bond acceptors (Lipinski definition) is 3. The second-order valence-corrected chi connectivity index (χ2v) is 16.0. The maximum absolute atomic E-state index is 13.1. The molecule has 0 spiro atoms. The molecule has 4 rings (SSSR count). The minimum absolute atomic E-state index is 0.0189. The number of rotatable bonds is 10. The number of carbonyl (C=O) groups is 1. The fraction of sp³-hybridized carbons (Fsp3) is 0.769. The average Bonchev–Trinajstić information content (AvgIpc) is 3.18. The number of carboxylic acids is 1. The zero-order valence-corrected chi connectivity index (χ0v) is 28.9. The Morgan fingerprint density at radius 2 is 1.77 bits per heavy atom. The van der Waals surface area contributed by atoms with Gasteiger partial charge in [-0.05, 0) is 136 Å². The summed E-state index contributed by atoms with van der Waals surface area (Å²) in [5, 5.41) is 22.9. The third-order valence-electron chi connectivity index (χ3n) is 13.4. The third kappa shape index (κ3) is 5.96. The van der Waals surface area contributed by atoms with Crippen molar-refractivity contribution in [3.05, 3.63) is 46.8 Å². The molecule has 0 aromatic rings. The van der Waals surface area contributed by atoms with Crippen LogP contribution in [0.15, 0.2) is 46.8 Å². The Balaban J connectivity index is 1.76. The summed E-state index contributed by atoms with van der Waals surface area (Å²) in [6, 6.07) is 0. The third-order valence-corrected chi connectivity index (χ3v) is 13.4. The van der Waals surface area contributed by atoms with Crippen molar-refractivity contribution in [3.63, 3.8) is 0 Å². The topological polar surface area (TPSA) is 66.8 Å². The maximum atomic E-state index is 13.1. The van der Waals surface area contributed by atoms with Crippen molar-refractivity contribution in [2.75, 3.05) is 0 Å². The lowest BCUT2D eigenvalue weighted by molar-refractivity contribution is -0.229. The van der Waals surface area contributed by atoms with Crippen molar-refractivity contribution in [1.82, 2.24) is 0 Å². The second kappa shape index (κ2) is 12.9. The van der Waals surface area contributed by atoms with Crippen molar-refractivity contribution < 1.29 is 19.7 Å². The smallest absolute Gasteiger partial charge is 0.331 e. The van der Waals surface area contributed by atoms with Gasteiger partial charge in [0.05, 0.1) is 11.9 Å². The minimum atomic E-state index is -0.842. The Kier molecular flexibility index (Phi) is 10.2. The predicted molar refractivity (Wildman–Crippen MR) is 177 cm³/mol. The SMILES string of the molecule is C=C(C)OC1C[C@@]2(C)[C@@H](C[C@@H](O)[C@H]3[C@@]4(C)CC[C@@H](C)[C@H](C)[C@@H]4CC[C@@]32C)/C1=C(/CCC(/C=C/CCCC)=C(C)C)C(=O)O. The fourth-order valence-corrected chi connectivity index (χ4v) is 10.8. The molecule has 0 amide bonds. The molecule has 2 N–H and O–H groups in total. The summed E-state index contributed by atoms with van der Waals surface area (Å²) < 4.78 is 6.46. The molecule has 0 radical (unpaired) electrons. The number of ether oxygens (including phenoxy) is 1. The van der Waals surface area contributed by atoms with Gasteiger partial charge in [-0.3, -0.25) is 0 Å². The van der Waals surface area contributed by atoms with Gasteiger partial charge < -0.3 is 14.9 Å². The molecule has 0 saturated heterocycles. The molecule has 0 aromatic heterocycles. The normalized spacial score (nSPS) is 41.7. The summed E-state index contributed by atoms with van der Waals surface area (Å²) in [6.45, 7) is 24.6. The molecule has 4 nitrogen and oxygen atoms in total. The second-order valence-electron chi connectivity index (χ2n) is 16.0. The van der Waals surface area contributed by atoms with E-state index in [4.69, 9.17) is 4.74 Å². The van der Waals surface area contributed by atoms with Crippen LogP contribution in [0, 0.1) is 45.8 Å². The molecule has 1 unspecified atom stereocenters. The van der Waals surface area contributed by atoms with E-state index in [1.807, 2.05) is 6.92 Å². The number of aliphatic hydroxyl groups excluding tert-OH is 1. The van der Waals surface area contributed by atoms with Crippen molar-refractivity contribution in [3.8, 4) is 0 Å². The molecule has 4 heteroatoms. The van der Waals surface area contributed by atoms with E-state index in [0.29, 0.717) is 42.4 Å². The zero-order chi connectivity index (χ0) is 31.9. The lowest BCUT2D eigenvalue weighted by Crippen LogP contribution is -2.65. The van der Waals surface area contributed by atoms with Crippen LogP contribution in [-0.4, -0.2) is 28.4 Å². The predicted octanol–water partition coefficient (Wildman–Crippen LogP) is 10.0. The summed E-state index contributed by atoms with van der Waals surface area (Å²) in [5.74, 6) is 2.00. The summed E-state index contributed by atoms with van der Waals surface area (Å²) in [7, 11) is 0. The lowest BCUT2D eigenvalue weighted by Gasteiger charge is -2.69. The molecule has 4 fully saturated rings. The number of carboxylic acid groups (broad SMARTS) is 1. The van der Waals surface area contributed by atoms with E-state index in [-0.39, 0.29) is 34.2 Å². The molecule has 43 heavy (non-hydrogen) atoms. The van der Waals surface area contributed by atoms with Crippen LogP contribution in [0.4, 0.5) is 0 Å². The summed E-state index contributed by atoms with van der Waals surface area (Å²) in [5.41, 5.74) is 3.71. The Morgan fingerprint density at radius 3 is 2.37 bits per heavy atom. The van der Waals surface area contributed by atoms with Crippen molar-refractivity contribution in [1.29, 1.82) is 0 Å². The zero-order valence-electron chi connectivity index (χ0n) is 28.9. The van der Waals surface area contributed by atoms with Gasteiger partial charge >= 0.3 is 5.97 Å². The molecule has 10 atom stereocenters. The van der Waals surface area contributed by atoms with Gasteiger partial charge in [0.25, 0.3) is 0 Å². The molecule has 0 aliphatic heterocycles. The lowest BCUT2D eigenvalue weighted by atomic mass is 9.36. The van der Waals surface area contributed by atoms with Crippen LogP contribution in [-0.2, 0) is 9.53 Å². The largest absolute Gasteiger partial charge is 0.491 e. The van der Waals surface area contributed by atoms with Crippen molar-refractivity contribution in [2.45, 2.75) is 145 Å². The van der Waals surface area contributed by atoms with Gasteiger partial charge in [0.1, 0.15) is 6.10 Å². The molecular weight excluding hydrogens is 532 g/mol. The minimum Gasteiger partial charge on any atom is -0.491 e. The molecular formula is C39H62O4. The first-order valence-electron chi connectivity index (χ1n) is 17.4.